The zero-order valence-corrected chi connectivity index (χ0v) is 16.2. The van der Waals surface area contributed by atoms with Gasteiger partial charge in [0.15, 0.2) is 0 Å². The van der Waals surface area contributed by atoms with E-state index >= 15 is 0 Å². The van der Waals surface area contributed by atoms with E-state index in [0.29, 0.717) is 28.8 Å². The number of sulfonamides is 1. The minimum atomic E-state index is -3.59. The third-order valence-electron chi connectivity index (χ3n) is 4.44. The summed E-state index contributed by atoms with van der Waals surface area (Å²) in [6.07, 6.45) is -0.255. The third-order valence-corrected chi connectivity index (χ3v) is 6.27. The molecule has 4 rings (SSSR count). The Balaban J connectivity index is 1.47. The minimum Gasteiger partial charge on any atom is -0.497 e. The molecule has 1 aliphatic heterocycles. The summed E-state index contributed by atoms with van der Waals surface area (Å²) in [6.45, 7) is 2.24. The van der Waals surface area contributed by atoms with Crippen molar-refractivity contribution in [2.24, 2.45) is 0 Å². The second-order valence-electron chi connectivity index (χ2n) is 6.37. The van der Waals surface area contributed by atoms with E-state index in [0.717, 1.165) is 0 Å². The van der Waals surface area contributed by atoms with Crippen LogP contribution in [0.25, 0.3) is 11.4 Å². The van der Waals surface area contributed by atoms with Gasteiger partial charge in [-0.2, -0.15) is 9.29 Å². The molecule has 0 aliphatic carbocycles. The Labute approximate surface area is 162 Å². The molecule has 146 valence electrons. The molecular weight excluding hydrogens is 382 g/mol. The van der Waals surface area contributed by atoms with E-state index in [-0.39, 0.29) is 24.1 Å². The largest absolute Gasteiger partial charge is 0.497 e. The molecule has 1 aliphatic rings. The van der Waals surface area contributed by atoms with Crippen LogP contribution in [0.3, 0.4) is 0 Å². The Kier molecular flexibility index (Phi) is 4.78. The first-order valence-electron chi connectivity index (χ1n) is 8.68. The van der Waals surface area contributed by atoms with E-state index in [9.17, 15) is 8.42 Å². The minimum absolute atomic E-state index is 0.202. The Morgan fingerprint density at radius 1 is 1.14 bits per heavy atom. The van der Waals surface area contributed by atoms with Gasteiger partial charge in [0.1, 0.15) is 17.6 Å². The van der Waals surface area contributed by atoms with Crippen LogP contribution in [0.5, 0.6) is 11.5 Å². The molecule has 28 heavy (non-hydrogen) atoms. The normalized spacial score (nSPS) is 15.2. The molecule has 0 saturated carbocycles. The first kappa shape index (κ1) is 18.5. The average Bonchev–Trinajstić information content (AvgIpc) is 3.10. The topological polar surface area (TPSA) is 94.8 Å². The molecular formula is C19H19N3O5S. The van der Waals surface area contributed by atoms with Gasteiger partial charge in [-0.1, -0.05) is 23.4 Å². The number of nitrogens with zero attached hydrogens (tertiary/aromatic N) is 3. The summed E-state index contributed by atoms with van der Waals surface area (Å²) in [5, 5.41) is 3.92. The molecule has 0 radical (unpaired) electrons. The summed E-state index contributed by atoms with van der Waals surface area (Å²) >= 11 is 0. The molecule has 0 N–H and O–H groups in total. The van der Waals surface area contributed by atoms with Gasteiger partial charge in [-0.25, -0.2) is 8.42 Å². The molecule has 2 heterocycles. The number of aryl methyl sites for hydroxylation is 1. The fourth-order valence-electron chi connectivity index (χ4n) is 2.92. The number of benzene rings is 2. The van der Waals surface area contributed by atoms with E-state index in [4.69, 9.17) is 14.0 Å². The third kappa shape index (κ3) is 3.46. The van der Waals surface area contributed by atoms with Crippen molar-refractivity contribution in [3.05, 3.63) is 54.4 Å². The van der Waals surface area contributed by atoms with Gasteiger partial charge in [0, 0.05) is 13.0 Å². The van der Waals surface area contributed by atoms with E-state index in [1.165, 1.54) is 17.5 Å². The highest BCUT2D eigenvalue weighted by molar-refractivity contribution is 7.89. The number of rotatable bonds is 6. The van der Waals surface area contributed by atoms with Crippen LogP contribution in [0.4, 0.5) is 0 Å². The highest BCUT2D eigenvalue weighted by Gasteiger charge is 2.38. The van der Waals surface area contributed by atoms with Crippen LogP contribution >= 0.6 is 0 Å². The van der Waals surface area contributed by atoms with Crippen molar-refractivity contribution >= 4 is 10.0 Å². The predicted molar refractivity (Wildman–Crippen MR) is 101 cm³/mol. The van der Waals surface area contributed by atoms with Crippen molar-refractivity contribution in [1.29, 1.82) is 0 Å². The van der Waals surface area contributed by atoms with Crippen molar-refractivity contribution < 1.29 is 22.4 Å². The van der Waals surface area contributed by atoms with E-state index in [1.807, 2.05) is 18.2 Å². The van der Waals surface area contributed by atoms with Crippen LogP contribution in [0.15, 0.2) is 57.9 Å². The van der Waals surface area contributed by atoms with Gasteiger partial charge < -0.3 is 14.0 Å². The second kappa shape index (κ2) is 7.25. The highest BCUT2D eigenvalue weighted by Crippen LogP contribution is 2.31. The number of ether oxygens (including phenoxy) is 2. The van der Waals surface area contributed by atoms with Crippen LogP contribution in [0.2, 0.25) is 0 Å². The summed E-state index contributed by atoms with van der Waals surface area (Å²) in [5.41, 5.74) is 0.702. The van der Waals surface area contributed by atoms with Gasteiger partial charge in [-0.3, -0.25) is 0 Å². The average molecular weight is 401 g/mol. The van der Waals surface area contributed by atoms with E-state index < -0.39 is 10.0 Å². The maximum absolute atomic E-state index is 12.8. The predicted octanol–water partition coefficient (Wildman–Crippen LogP) is 2.51. The monoisotopic (exact) mass is 401 g/mol. The molecule has 0 unspecified atom stereocenters. The summed E-state index contributed by atoms with van der Waals surface area (Å²) in [4.78, 5) is 4.43. The number of para-hydroxylation sites is 1. The van der Waals surface area contributed by atoms with Crippen LogP contribution in [0.1, 0.15) is 5.89 Å². The maximum atomic E-state index is 12.8. The first-order chi connectivity index (χ1) is 13.5. The fourth-order valence-corrected chi connectivity index (χ4v) is 4.46. The molecule has 2 aromatic carbocycles. The van der Waals surface area contributed by atoms with Gasteiger partial charge in [0.2, 0.25) is 21.7 Å². The number of hydrogen-bond acceptors (Lipinski definition) is 7. The fraction of sp³-hybridized carbons (Fsp3) is 0.263. The lowest BCUT2D eigenvalue weighted by Gasteiger charge is -2.38. The first-order valence-corrected chi connectivity index (χ1v) is 10.1. The SMILES string of the molecule is COc1cccc(S(=O)(=O)N2CC(Oc3ccccc3-c3noc(C)n3)C2)c1. The quantitative estimate of drug-likeness (QED) is 0.626. The Morgan fingerprint density at radius 2 is 1.93 bits per heavy atom. The molecule has 3 aromatic rings. The van der Waals surface area contributed by atoms with Crippen LogP contribution in [-0.4, -0.2) is 49.2 Å². The highest BCUT2D eigenvalue weighted by atomic mass is 32.2. The van der Waals surface area contributed by atoms with Crippen LogP contribution in [-0.2, 0) is 10.0 Å². The smallest absolute Gasteiger partial charge is 0.243 e. The van der Waals surface area contributed by atoms with Gasteiger partial charge in [0.05, 0.1) is 30.7 Å². The molecule has 1 aromatic heterocycles. The van der Waals surface area contributed by atoms with Crippen LogP contribution in [0, 0.1) is 6.92 Å². The molecule has 1 saturated heterocycles. The molecule has 8 nitrogen and oxygen atoms in total. The maximum Gasteiger partial charge on any atom is 0.243 e. The zero-order valence-electron chi connectivity index (χ0n) is 15.4. The number of hydrogen-bond donors (Lipinski definition) is 0. The second-order valence-corrected chi connectivity index (χ2v) is 8.31. The van der Waals surface area contributed by atoms with Crippen molar-refractivity contribution in [3.63, 3.8) is 0 Å². The van der Waals surface area contributed by atoms with Crippen molar-refractivity contribution in [3.8, 4) is 22.9 Å². The van der Waals surface area contributed by atoms with Gasteiger partial charge >= 0.3 is 0 Å². The van der Waals surface area contributed by atoms with Crippen molar-refractivity contribution in [1.82, 2.24) is 14.4 Å². The Hall–Kier alpha value is -2.91. The summed E-state index contributed by atoms with van der Waals surface area (Å²) in [7, 11) is -2.08. The molecule has 0 bridgehead atoms. The van der Waals surface area contributed by atoms with Gasteiger partial charge in [-0.05, 0) is 24.3 Å². The van der Waals surface area contributed by atoms with Crippen molar-refractivity contribution in [2.75, 3.05) is 20.2 Å². The molecule has 0 spiro atoms. The molecule has 0 amide bonds. The van der Waals surface area contributed by atoms with Crippen LogP contribution < -0.4 is 9.47 Å². The number of aromatic nitrogens is 2. The summed E-state index contributed by atoms with van der Waals surface area (Å²) < 4.78 is 43.0. The summed E-state index contributed by atoms with van der Waals surface area (Å²) in [6, 6.07) is 13.8. The lowest BCUT2D eigenvalue weighted by molar-refractivity contribution is 0.0766. The summed E-state index contributed by atoms with van der Waals surface area (Å²) in [5.74, 6) is 1.99. The zero-order chi connectivity index (χ0) is 19.7. The lowest BCUT2D eigenvalue weighted by atomic mass is 10.1. The Morgan fingerprint density at radius 3 is 2.64 bits per heavy atom. The van der Waals surface area contributed by atoms with E-state index in [1.54, 1.807) is 31.2 Å². The van der Waals surface area contributed by atoms with Crippen molar-refractivity contribution in [2.45, 2.75) is 17.9 Å². The molecule has 0 atom stereocenters. The Bertz CT molecular complexity index is 1090. The molecule has 9 heteroatoms. The number of methoxy groups -OCH3 is 1. The van der Waals surface area contributed by atoms with Gasteiger partial charge in [0.25, 0.3) is 0 Å². The standard InChI is InChI=1S/C19H19N3O5S/c1-13-20-19(21-27-13)17-8-3-4-9-18(17)26-15-11-22(12-15)28(23,24)16-7-5-6-14(10-16)25-2/h3-10,15H,11-12H2,1-2H3. The van der Waals surface area contributed by atoms with Gasteiger partial charge in [-0.15, -0.1) is 0 Å². The lowest BCUT2D eigenvalue weighted by Crippen LogP contribution is -2.55. The van der Waals surface area contributed by atoms with E-state index in [2.05, 4.69) is 10.1 Å². The molecule has 1 fully saturated rings.